The molecule has 6 nitrogen and oxygen atoms in total. The first kappa shape index (κ1) is 14.9. The molecule has 0 aliphatic carbocycles. The number of carbonyl (C=O) groups is 1. The molecule has 1 aromatic rings. The van der Waals surface area contributed by atoms with E-state index in [-0.39, 0.29) is 11.7 Å². The van der Waals surface area contributed by atoms with Gasteiger partial charge >= 0.3 is 6.03 Å². The van der Waals surface area contributed by atoms with Crippen LogP contribution >= 0.6 is 0 Å². The van der Waals surface area contributed by atoms with Crippen LogP contribution in [-0.4, -0.2) is 17.5 Å². The van der Waals surface area contributed by atoms with Crippen molar-refractivity contribution in [3.8, 4) is 0 Å². The van der Waals surface area contributed by atoms with Gasteiger partial charge < -0.3 is 10.6 Å². The molecule has 0 aliphatic rings. The minimum Gasteiger partial charge on any atom is -0.338 e. The van der Waals surface area contributed by atoms with Crippen LogP contribution < -0.4 is 10.6 Å². The van der Waals surface area contributed by atoms with Crippen molar-refractivity contribution in [1.29, 1.82) is 0 Å². The number of nitro groups is 1. The molecule has 0 saturated carbocycles. The van der Waals surface area contributed by atoms with Gasteiger partial charge in [0.1, 0.15) is 0 Å². The predicted molar refractivity (Wildman–Crippen MR) is 74.3 cm³/mol. The molecule has 19 heavy (non-hydrogen) atoms. The van der Waals surface area contributed by atoms with Crippen LogP contribution in [0.25, 0.3) is 0 Å². The highest BCUT2D eigenvalue weighted by atomic mass is 16.6. The fourth-order valence-corrected chi connectivity index (χ4v) is 1.63. The summed E-state index contributed by atoms with van der Waals surface area (Å²) < 4.78 is 0. The summed E-state index contributed by atoms with van der Waals surface area (Å²) in [7, 11) is 0. The van der Waals surface area contributed by atoms with Crippen molar-refractivity contribution >= 4 is 17.4 Å². The quantitative estimate of drug-likeness (QED) is 0.450. The van der Waals surface area contributed by atoms with Gasteiger partial charge in [-0.05, 0) is 12.5 Å². The highest BCUT2D eigenvalue weighted by molar-refractivity contribution is 5.89. The summed E-state index contributed by atoms with van der Waals surface area (Å²) in [6.07, 6.45) is 4.35. The second kappa shape index (κ2) is 8.07. The molecule has 0 radical (unpaired) electrons. The molecule has 0 aliphatic heterocycles. The lowest BCUT2D eigenvalue weighted by Crippen LogP contribution is -2.29. The topological polar surface area (TPSA) is 84.3 Å². The highest BCUT2D eigenvalue weighted by Crippen LogP contribution is 2.16. The Kier molecular flexibility index (Phi) is 6.35. The van der Waals surface area contributed by atoms with Crippen molar-refractivity contribution in [2.24, 2.45) is 0 Å². The van der Waals surface area contributed by atoms with E-state index in [0.717, 1.165) is 25.7 Å². The zero-order valence-electron chi connectivity index (χ0n) is 11.0. The Balaban J connectivity index is 2.35. The minimum atomic E-state index is -0.492. The van der Waals surface area contributed by atoms with E-state index in [9.17, 15) is 14.9 Å². The van der Waals surface area contributed by atoms with Crippen LogP contribution in [-0.2, 0) is 0 Å². The molecule has 104 valence electrons. The highest BCUT2D eigenvalue weighted by Gasteiger charge is 2.07. The van der Waals surface area contributed by atoms with E-state index in [2.05, 4.69) is 17.6 Å². The first-order chi connectivity index (χ1) is 9.13. The predicted octanol–water partition coefficient (Wildman–Crippen LogP) is 3.30. The molecule has 2 N–H and O–H groups in total. The van der Waals surface area contributed by atoms with Crippen LogP contribution in [0.5, 0.6) is 0 Å². The van der Waals surface area contributed by atoms with Crippen molar-refractivity contribution in [1.82, 2.24) is 5.32 Å². The Hall–Kier alpha value is -2.11. The van der Waals surface area contributed by atoms with E-state index < -0.39 is 4.92 Å². The number of benzene rings is 1. The number of nitrogens with zero attached hydrogens (tertiary/aromatic N) is 1. The van der Waals surface area contributed by atoms with Crippen LogP contribution in [0.1, 0.15) is 32.6 Å². The molecule has 1 rings (SSSR count). The maximum atomic E-state index is 11.5. The fraction of sp³-hybridized carbons (Fsp3) is 0.462. The van der Waals surface area contributed by atoms with Crippen LogP contribution in [0.4, 0.5) is 16.2 Å². The standard InChI is InChI=1S/C13H19N3O3/c1-2-3-4-5-9-14-13(17)15-11-7-6-8-12(10-11)16(18)19/h6-8,10H,2-5,9H2,1H3,(H2,14,15,17). The average molecular weight is 265 g/mol. The summed E-state index contributed by atoms with van der Waals surface area (Å²) in [6.45, 7) is 2.74. The Bertz CT molecular complexity index is 435. The first-order valence-corrected chi connectivity index (χ1v) is 6.42. The second-order valence-electron chi connectivity index (χ2n) is 4.25. The molecule has 0 aromatic heterocycles. The molecular weight excluding hydrogens is 246 g/mol. The monoisotopic (exact) mass is 265 g/mol. The van der Waals surface area contributed by atoms with Gasteiger partial charge in [-0.2, -0.15) is 0 Å². The van der Waals surface area contributed by atoms with Gasteiger partial charge in [-0.3, -0.25) is 10.1 Å². The third-order valence-electron chi connectivity index (χ3n) is 2.63. The van der Waals surface area contributed by atoms with E-state index in [1.54, 1.807) is 6.07 Å². The third-order valence-corrected chi connectivity index (χ3v) is 2.63. The molecule has 2 amide bonds. The van der Waals surface area contributed by atoms with Crippen LogP contribution in [0.3, 0.4) is 0 Å². The Labute approximate surface area is 112 Å². The molecular formula is C13H19N3O3. The second-order valence-corrected chi connectivity index (χ2v) is 4.25. The zero-order valence-corrected chi connectivity index (χ0v) is 11.0. The lowest BCUT2D eigenvalue weighted by molar-refractivity contribution is -0.384. The van der Waals surface area contributed by atoms with E-state index in [1.807, 2.05) is 0 Å². The van der Waals surface area contributed by atoms with Crippen molar-refractivity contribution in [2.75, 3.05) is 11.9 Å². The van der Waals surface area contributed by atoms with Crippen LogP contribution in [0.2, 0.25) is 0 Å². The molecule has 0 bridgehead atoms. The maximum Gasteiger partial charge on any atom is 0.319 e. The van der Waals surface area contributed by atoms with Gasteiger partial charge in [-0.15, -0.1) is 0 Å². The van der Waals surface area contributed by atoms with Gasteiger partial charge in [0.15, 0.2) is 0 Å². The number of hydrogen-bond acceptors (Lipinski definition) is 3. The summed E-state index contributed by atoms with van der Waals surface area (Å²) in [5.41, 5.74) is 0.376. The number of urea groups is 1. The summed E-state index contributed by atoms with van der Waals surface area (Å²) in [6, 6.07) is 5.53. The lowest BCUT2D eigenvalue weighted by atomic mass is 10.2. The van der Waals surface area contributed by atoms with Gasteiger partial charge in [0, 0.05) is 24.4 Å². The SMILES string of the molecule is CCCCCCNC(=O)Nc1cccc([N+](=O)[O-])c1. The van der Waals surface area contributed by atoms with Gasteiger partial charge in [0.2, 0.25) is 0 Å². The number of unbranched alkanes of at least 4 members (excludes halogenated alkanes) is 3. The number of nitrogens with one attached hydrogen (secondary N) is 2. The average Bonchev–Trinajstić information content (AvgIpc) is 2.38. The van der Waals surface area contributed by atoms with E-state index in [0.29, 0.717) is 12.2 Å². The van der Waals surface area contributed by atoms with Crippen molar-refractivity contribution in [3.63, 3.8) is 0 Å². The van der Waals surface area contributed by atoms with Crippen molar-refractivity contribution < 1.29 is 9.72 Å². The number of nitro benzene ring substituents is 1. The molecule has 0 atom stereocenters. The van der Waals surface area contributed by atoms with E-state index in [1.165, 1.54) is 18.2 Å². The Morgan fingerprint density at radius 1 is 1.32 bits per heavy atom. The van der Waals surface area contributed by atoms with Gasteiger partial charge in [0.25, 0.3) is 5.69 Å². The number of anilines is 1. The Morgan fingerprint density at radius 2 is 2.11 bits per heavy atom. The fourth-order valence-electron chi connectivity index (χ4n) is 1.63. The summed E-state index contributed by atoms with van der Waals surface area (Å²) in [4.78, 5) is 21.6. The van der Waals surface area contributed by atoms with Gasteiger partial charge in [0.05, 0.1) is 4.92 Å². The third kappa shape index (κ3) is 5.85. The Morgan fingerprint density at radius 3 is 2.79 bits per heavy atom. The number of amides is 2. The maximum absolute atomic E-state index is 11.5. The first-order valence-electron chi connectivity index (χ1n) is 6.42. The summed E-state index contributed by atoms with van der Waals surface area (Å²) in [5.74, 6) is 0. The van der Waals surface area contributed by atoms with Crippen molar-refractivity contribution in [3.05, 3.63) is 34.4 Å². The largest absolute Gasteiger partial charge is 0.338 e. The number of non-ortho nitro benzene ring substituents is 1. The number of carbonyl (C=O) groups excluding carboxylic acids is 1. The molecule has 0 heterocycles. The molecule has 0 saturated heterocycles. The van der Waals surface area contributed by atoms with Gasteiger partial charge in [-0.25, -0.2) is 4.79 Å². The van der Waals surface area contributed by atoms with Crippen LogP contribution in [0, 0.1) is 10.1 Å². The molecule has 0 unspecified atom stereocenters. The van der Waals surface area contributed by atoms with E-state index in [4.69, 9.17) is 0 Å². The molecule has 1 aromatic carbocycles. The normalized spacial score (nSPS) is 9.95. The smallest absolute Gasteiger partial charge is 0.319 e. The lowest BCUT2D eigenvalue weighted by Gasteiger charge is -2.07. The summed E-state index contributed by atoms with van der Waals surface area (Å²) >= 11 is 0. The zero-order chi connectivity index (χ0) is 14.1. The van der Waals surface area contributed by atoms with E-state index >= 15 is 0 Å². The number of hydrogen-bond donors (Lipinski definition) is 2. The molecule has 0 fully saturated rings. The molecule has 6 heteroatoms. The van der Waals surface area contributed by atoms with Gasteiger partial charge in [-0.1, -0.05) is 32.3 Å². The molecule has 0 spiro atoms. The minimum absolute atomic E-state index is 0.0410. The summed E-state index contributed by atoms with van der Waals surface area (Å²) in [5, 5.41) is 15.9. The van der Waals surface area contributed by atoms with Crippen LogP contribution in [0.15, 0.2) is 24.3 Å². The van der Waals surface area contributed by atoms with Crippen molar-refractivity contribution in [2.45, 2.75) is 32.6 Å². The number of rotatable bonds is 7.